The fraction of sp³-hybridized carbons (Fsp3) is 1.00. The summed E-state index contributed by atoms with van der Waals surface area (Å²) in [5.41, 5.74) is 1.30. The maximum absolute atomic E-state index is 2.50. The van der Waals surface area contributed by atoms with Gasteiger partial charge in [-0.05, 0) is 41.9 Å². The maximum atomic E-state index is 2.50. The summed E-state index contributed by atoms with van der Waals surface area (Å²) < 4.78 is 0. The monoisotopic (exact) mass is 152 g/mol. The van der Waals surface area contributed by atoms with Crippen LogP contribution in [0.25, 0.3) is 0 Å². The molecule has 2 saturated carbocycles. The first kappa shape index (κ1) is 7.64. The molecule has 2 aliphatic carbocycles. The van der Waals surface area contributed by atoms with Gasteiger partial charge in [-0.25, -0.2) is 0 Å². The van der Waals surface area contributed by atoms with Gasteiger partial charge >= 0.3 is 0 Å². The van der Waals surface area contributed by atoms with Crippen LogP contribution in [0, 0.1) is 22.7 Å². The lowest BCUT2D eigenvalue weighted by Gasteiger charge is -2.37. The lowest BCUT2D eigenvalue weighted by Crippen LogP contribution is -2.30. The van der Waals surface area contributed by atoms with E-state index < -0.39 is 0 Å². The lowest BCUT2D eigenvalue weighted by atomic mass is 9.67. The lowest BCUT2D eigenvalue weighted by molar-refractivity contribution is 0.112. The molecule has 64 valence electrons. The standard InChI is InChI=1S/C11H20/c1-8-7-9-5-6-11(8,4)10(9,2)3/h8-9H,5-7H2,1-4H3/t8-,9+,11-/m1/s1. The Morgan fingerprint density at radius 2 is 1.82 bits per heavy atom. The fourth-order valence-corrected chi connectivity index (χ4v) is 3.60. The second-order valence-electron chi connectivity index (χ2n) is 5.51. The Bertz CT molecular complexity index is 180. The number of hydrogen-bond donors (Lipinski definition) is 0. The van der Waals surface area contributed by atoms with E-state index in [1.54, 1.807) is 0 Å². The van der Waals surface area contributed by atoms with Crippen LogP contribution in [0.1, 0.15) is 47.0 Å². The van der Waals surface area contributed by atoms with E-state index in [-0.39, 0.29) is 0 Å². The second kappa shape index (κ2) is 1.84. The summed E-state index contributed by atoms with van der Waals surface area (Å²) in [5, 5.41) is 0. The molecule has 0 N–H and O–H groups in total. The van der Waals surface area contributed by atoms with Crippen molar-refractivity contribution in [2.24, 2.45) is 22.7 Å². The minimum absolute atomic E-state index is 0.631. The van der Waals surface area contributed by atoms with E-state index in [1.807, 2.05) is 0 Å². The molecule has 0 spiro atoms. The highest BCUT2D eigenvalue weighted by molar-refractivity contribution is 5.08. The third kappa shape index (κ3) is 0.666. The van der Waals surface area contributed by atoms with Crippen LogP contribution in [0.3, 0.4) is 0 Å². The molecule has 0 radical (unpaired) electrons. The molecule has 3 atom stereocenters. The van der Waals surface area contributed by atoms with E-state index in [1.165, 1.54) is 19.3 Å². The van der Waals surface area contributed by atoms with Gasteiger partial charge in [0.25, 0.3) is 0 Å². The van der Waals surface area contributed by atoms with Crippen LogP contribution in [-0.4, -0.2) is 0 Å². The number of hydrogen-bond acceptors (Lipinski definition) is 0. The first-order valence-electron chi connectivity index (χ1n) is 4.98. The zero-order valence-electron chi connectivity index (χ0n) is 8.28. The summed E-state index contributed by atoms with van der Waals surface area (Å²) in [5.74, 6) is 2.00. The fourth-order valence-electron chi connectivity index (χ4n) is 3.60. The molecule has 2 bridgehead atoms. The van der Waals surface area contributed by atoms with Gasteiger partial charge in [-0.15, -0.1) is 0 Å². The molecule has 2 rings (SSSR count). The zero-order valence-corrected chi connectivity index (χ0v) is 8.28. The van der Waals surface area contributed by atoms with Crippen molar-refractivity contribution in [2.45, 2.75) is 47.0 Å². The van der Waals surface area contributed by atoms with Gasteiger partial charge in [0.05, 0.1) is 0 Å². The van der Waals surface area contributed by atoms with Crippen molar-refractivity contribution in [3.05, 3.63) is 0 Å². The van der Waals surface area contributed by atoms with Crippen LogP contribution in [0.15, 0.2) is 0 Å². The molecule has 0 heterocycles. The molecule has 2 fully saturated rings. The van der Waals surface area contributed by atoms with Crippen molar-refractivity contribution in [1.82, 2.24) is 0 Å². The smallest absolute Gasteiger partial charge is 0.0246 e. The van der Waals surface area contributed by atoms with Crippen LogP contribution in [-0.2, 0) is 0 Å². The van der Waals surface area contributed by atoms with E-state index in [4.69, 9.17) is 0 Å². The summed E-state index contributed by atoms with van der Waals surface area (Å²) in [6, 6.07) is 0. The Morgan fingerprint density at radius 3 is 2.00 bits per heavy atom. The minimum Gasteiger partial charge on any atom is -0.0620 e. The molecule has 0 aromatic heterocycles. The Balaban J connectivity index is 2.40. The summed E-state index contributed by atoms with van der Waals surface area (Å²) >= 11 is 0. The Labute approximate surface area is 70.4 Å². The first-order valence-corrected chi connectivity index (χ1v) is 4.98. The van der Waals surface area contributed by atoms with Crippen molar-refractivity contribution >= 4 is 0 Å². The topological polar surface area (TPSA) is 0 Å². The summed E-state index contributed by atoms with van der Waals surface area (Å²) in [6.45, 7) is 9.91. The van der Waals surface area contributed by atoms with E-state index in [0.717, 1.165) is 11.8 Å². The maximum Gasteiger partial charge on any atom is -0.0246 e. The molecular weight excluding hydrogens is 132 g/mol. The van der Waals surface area contributed by atoms with Crippen LogP contribution >= 0.6 is 0 Å². The summed E-state index contributed by atoms with van der Waals surface area (Å²) in [6.07, 6.45) is 4.46. The molecule has 11 heavy (non-hydrogen) atoms. The van der Waals surface area contributed by atoms with Crippen LogP contribution < -0.4 is 0 Å². The predicted molar refractivity (Wildman–Crippen MR) is 48.4 cm³/mol. The van der Waals surface area contributed by atoms with Crippen molar-refractivity contribution in [3.63, 3.8) is 0 Å². The molecule has 0 amide bonds. The Kier molecular flexibility index (Phi) is 1.28. The van der Waals surface area contributed by atoms with Gasteiger partial charge in [0.2, 0.25) is 0 Å². The normalized spacial score (nSPS) is 53.5. The SMILES string of the molecule is C[C@@H]1C[C@@H]2CC[C@@]1(C)C2(C)C. The van der Waals surface area contributed by atoms with Crippen molar-refractivity contribution in [3.8, 4) is 0 Å². The van der Waals surface area contributed by atoms with Crippen LogP contribution in [0.4, 0.5) is 0 Å². The van der Waals surface area contributed by atoms with E-state index in [2.05, 4.69) is 27.7 Å². The van der Waals surface area contributed by atoms with Crippen LogP contribution in [0.2, 0.25) is 0 Å². The highest BCUT2D eigenvalue weighted by Crippen LogP contribution is 2.67. The van der Waals surface area contributed by atoms with Gasteiger partial charge in [-0.1, -0.05) is 27.7 Å². The molecule has 0 aromatic carbocycles. The van der Waals surface area contributed by atoms with E-state index in [9.17, 15) is 0 Å². The van der Waals surface area contributed by atoms with Gasteiger partial charge in [-0.3, -0.25) is 0 Å². The number of rotatable bonds is 0. The van der Waals surface area contributed by atoms with Gasteiger partial charge in [-0.2, -0.15) is 0 Å². The van der Waals surface area contributed by atoms with E-state index in [0.29, 0.717) is 10.8 Å². The average molecular weight is 152 g/mol. The second-order valence-corrected chi connectivity index (χ2v) is 5.51. The average Bonchev–Trinajstić information content (AvgIpc) is 2.20. The van der Waals surface area contributed by atoms with Crippen LogP contribution in [0.5, 0.6) is 0 Å². The molecule has 0 unspecified atom stereocenters. The van der Waals surface area contributed by atoms with Gasteiger partial charge < -0.3 is 0 Å². The first-order chi connectivity index (χ1) is 4.98. The quantitative estimate of drug-likeness (QED) is 0.498. The Hall–Kier alpha value is 0. The van der Waals surface area contributed by atoms with E-state index >= 15 is 0 Å². The largest absolute Gasteiger partial charge is 0.0620 e. The van der Waals surface area contributed by atoms with Crippen molar-refractivity contribution in [2.75, 3.05) is 0 Å². The highest BCUT2D eigenvalue weighted by Gasteiger charge is 2.59. The molecule has 2 aliphatic rings. The molecule has 0 aliphatic heterocycles. The Morgan fingerprint density at radius 1 is 1.18 bits per heavy atom. The third-order valence-electron chi connectivity index (χ3n) is 5.23. The third-order valence-corrected chi connectivity index (χ3v) is 5.23. The molecule has 0 saturated heterocycles. The predicted octanol–water partition coefficient (Wildman–Crippen LogP) is 3.47. The molecule has 0 aromatic rings. The highest BCUT2D eigenvalue weighted by atomic mass is 14.6. The number of fused-ring (bicyclic) bond motifs is 2. The summed E-state index contributed by atoms with van der Waals surface area (Å²) in [4.78, 5) is 0. The minimum atomic E-state index is 0.631. The van der Waals surface area contributed by atoms with Gasteiger partial charge in [0, 0.05) is 0 Å². The molecule has 0 nitrogen and oxygen atoms in total. The summed E-state index contributed by atoms with van der Waals surface area (Å²) in [7, 11) is 0. The van der Waals surface area contributed by atoms with Gasteiger partial charge in [0.15, 0.2) is 0 Å². The molecule has 0 heteroatoms. The van der Waals surface area contributed by atoms with Crippen molar-refractivity contribution < 1.29 is 0 Å². The zero-order chi connectivity index (χ0) is 8.28. The molecular formula is C11H20. The van der Waals surface area contributed by atoms with Crippen molar-refractivity contribution in [1.29, 1.82) is 0 Å². The van der Waals surface area contributed by atoms with Gasteiger partial charge in [0.1, 0.15) is 0 Å².